The van der Waals surface area contributed by atoms with Crippen LogP contribution in [-0.4, -0.2) is 29.1 Å². The topological polar surface area (TPSA) is 41.9 Å². The lowest BCUT2D eigenvalue weighted by Crippen LogP contribution is -2.28. The zero-order valence-corrected chi connectivity index (χ0v) is 19.3. The van der Waals surface area contributed by atoms with Crippen molar-refractivity contribution in [1.82, 2.24) is 4.90 Å². The van der Waals surface area contributed by atoms with E-state index in [-0.39, 0.29) is 5.91 Å². The van der Waals surface area contributed by atoms with Crippen LogP contribution in [0.3, 0.4) is 0 Å². The van der Waals surface area contributed by atoms with Gasteiger partial charge in [0.1, 0.15) is 12.4 Å². The lowest BCUT2D eigenvalue weighted by Gasteiger charge is -2.11. The monoisotopic (exact) mass is 526 g/mol. The number of carbonyl (C=O) groups is 1. The molecule has 0 aromatic heterocycles. The van der Waals surface area contributed by atoms with Gasteiger partial charge < -0.3 is 4.74 Å². The number of halogens is 2. The minimum Gasteiger partial charge on any atom is -0.488 e. The van der Waals surface area contributed by atoms with Crippen molar-refractivity contribution >= 4 is 63.1 Å². The number of aliphatic imine (C=N–C) groups is 1. The molecule has 1 heterocycles. The number of hydrogen-bond acceptors (Lipinski definition) is 4. The highest BCUT2D eigenvalue weighted by atomic mass is 127. The van der Waals surface area contributed by atoms with E-state index in [4.69, 9.17) is 16.3 Å². The summed E-state index contributed by atoms with van der Waals surface area (Å²) >= 11 is 9.60. The zero-order valence-electron chi connectivity index (χ0n) is 15.6. The van der Waals surface area contributed by atoms with E-state index in [1.165, 1.54) is 11.8 Å². The van der Waals surface area contributed by atoms with Gasteiger partial charge in [-0.1, -0.05) is 29.8 Å². The van der Waals surface area contributed by atoms with Crippen LogP contribution in [-0.2, 0) is 11.4 Å². The molecule has 1 aliphatic heterocycles. The van der Waals surface area contributed by atoms with E-state index >= 15 is 0 Å². The zero-order chi connectivity index (χ0) is 20.1. The third kappa shape index (κ3) is 5.10. The van der Waals surface area contributed by atoms with Gasteiger partial charge in [0.25, 0.3) is 5.91 Å². The van der Waals surface area contributed by atoms with Gasteiger partial charge in [-0.3, -0.25) is 14.7 Å². The summed E-state index contributed by atoms with van der Waals surface area (Å²) in [5.41, 5.74) is 2.02. The molecule has 0 aliphatic carbocycles. The quantitative estimate of drug-likeness (QED) is 0.351. The molecule has 4 nitrogen and oxygen atoms in total. The van der Waals surface area contributed by atoms with E-state index in [2.05, 4.69) is 27.6 Å². The van der Waals surface area contributed by atoms with Crippen LogP contribution in [0.2, 0.25) is 5.02 Å². The molecule has 2 aromatic carbocycles. The fourth-order valence-electron chi connectivity index (χ4n) is 2.66. The molecule has 7 heteroatoms. The Balaban J connectivity index is 1.73. The van der Waals surface area contributed by atoms with Crippen molar-refractivity contribution in [2.24, 2.45) is 4.99 Å². The van der Waals surface area contributed by atoms with Crippen LogP contribution in [0.15, 0.2) is 52.4 Å². The van der Waals surface area contributed by atoms with Crippen molar-refractivity contribution in [1.29, 1.82) is 0 Å². The summed E-state index contributed by atoms with van der Waals surface area (Å²) in [5, 5.41) is 1.49. The summed E-state index contributed by atoms with van der Waals surface area (Å²) in [6.07, 6.45) is 1.92. The van der Waals surface area contributed by atoms with Crippen LogP contribution in [0.1, 0.15) is 25.0 Å². The third-order valence-corrected chi connectivity index (χ3v) is 6.20. The first-order valence-electron chi connectivity index (χ1n) is 8.94. The third-order valence-electron chi connectivity index (χ3n) is 4.06. The van der Waals surface area contributed by atoms with Gasteiger partial charge in [-0.2, -0.15) is 0 Å². The molecule has 0 unspecified atom stereocenters. The minimum atomic E-state index is 0.0118. The maximum atomic E-state index is 12.6. The molecule has 0 saturated carbocycles. The van der Waals surface area contributed by atoms with Crippen LogP contribution in [0, 0.1) is 3.57 Å². The van der Waals surface area contributed by atoms with E-state index in [1.54, 1.807) is 4.90 Å². The Morgan fingerprint density at radius 2 is 1.96 bits per heavy atom. The number of thioether (sulfide) groups is 1. The number of amidine groups is 1. The molecular weight excluding hydrogens is 507 g/mol. The number of likely N-dealkylation sites (N-methyl/N-ethyl adjacent to an activating group) is 1. The highest BCUT2D eigenvalue weighted by Gasteiger charge is 2.31. The van der Waals surface area contributed by atoms with Crippen molar-refractivity contribution in [2.75, 3.05) is 13.1 Å². The number of ether oxygens (including phenoxy) is 1. The molecular formula is C21H20ClIN2O2S. The highest BCUT2D eigenvalue weighted by Crippen LogP contribution is 2.33. The smallest absolute Gasteiger partial charge is 0.266 e. The number of amides is 1. The van der Waals surface area contributed by atoms with E-state index < -0.39 is 0 Å². The predicted octanol–water partition coefficient (Wildman–Crippen LogP) is 5.84. The van der Waals surface area contributed by atoms with Gasteiger partial charge in [-0.25, -0.2) is 0 Å². The van der Waals surface area contributed by atoms with E-state index in [0.717, 1.165) is 25.6 Å². The van der Waals surface area contributed by atoms with Crippen LogP contribution < -0.4 is 4.74 Å². The van der Waals surface area contributed by atoms with Crippen molar-refractivity contribution in [3.05, 3.63) is 67.1 Å². The summed E-state index contributed by atoms with van der Waals surface area (Å²) in [7, 11) is 0. The Hall–Kier alpha value is -1.51. The average molecular weight is 527 g/mol. The number of benzene rings is 2. The maximum Gasteiger partial charge on any atom is 0.266 e. The first-order chi connectivity index (χ1) is 13.5. The summed E-state index contributed by atoms with van der Waals surface area (Å²) in [6, 6.07) is 13.5. The molecule has 0 bridgehead atoms. The lowest BCUT2D eigenvalue weighted by molar-refractivity contribution is -0.122. The van der Waals surface area contributed by atoms with Gasteiger partial charge >= 0.3 is 0 Å². The normalized spacial score (nSPS) is 17.0. The van der Waals surface area contributed by atoms with Crippen molar-refractivity contribution < 1.29 is 9.53 Å². The van der Waals surface area contributed by atoms with Crippen LogP contribution in [0.25, 0.3) is 6.08 Å². The highest BCUT2D eigenvalue weighted by molar-refractivity contribution is 14.1. The molecule has 1 aliphatic rings. The van der Waals surface area contributed by atoms with Crippen LogP contribution in [0.4, 0.5) is 0 Å². The number of rotatable bonds is 6. The molecule has 3 rings (SSSR count). The van der Waals surface area contributed by atoms with Crippen molar-refractivity contribution in [3.63, 3.8) is 0 Å². The first-order valence-corrected chi connectivity index (χ1v) is 11.2. The van der Waals surface area contributed by atoms with E-state index in [1.807, 2.05) is 62.4 Å². The Kier molecular flexibility index (Phi) is 7.42. The molecule has 0 atom stereocenters. The molecule has 1 amide bonds. The molecule has 1 fully saturated rings. The standard InChI is InChI=1S/C21H20ClIN2O2S/c1-3-24-21-25(4-2)20(26)19(28-21)12-15-7-10-18(17(23)11-15)27-13-14-5-8-16(22)9-6-14/h5-12H,3-4,13H2,1-2H3/b19-12+,24-21?. The Morgan fingerprint density at radius 3 is 2.61 bits per heavy atom. The van der Waals surface area contributed by atoms with Crippen LogP contribution >= 0.6 is 46.0 Å². The fraction of sp³-hybridized carbons (Fsp3) is 0.238. The number of hydrogen-bond donors (Lipinski definition) is 0. The Bertz CT molecular complexity index is 929. The molecule has 0 N–H and O–H groups in total. The second-order valence-corrected chi connectivity index (χ2v) is 8.63. The summed E-state index contributed by atoms with van der Waals surface area (Å²) < 4.78 is 6.91. The lowest BCUT2D eigenvalue weighted by atomic mass is 10.2. The molecule has 1 saturated heterocycles. The predicted molar refractivity (Wildman–Crippen MR) is 126 cm³/mol. The summed E-state index contributed by atoms with van der Waals surface area (Å²) in [6.45, 7) is 5.69. The SMILES string of the molecule is CCN=C1S/C(=C/c2ccc(OCc3ccc(Cl)cc3)c(I)c2)C(=O)N1CC. The van der Waals surface area contributed by atoms with E-state index in [9.17, 15) is 4.79 Å². The summed E-state index contributed by atoms with van der Waals surface area (Å²) in [4.78, 5) is 19.4. The van der Waals surface area contributed by atoms with Gasteiger partial charge in [-0.15, -0.1) is 0 Å². The van der Waals surface area contributed by atoms with Gasteiger partial charge in [0.05, 0.1) is 8.48 Å². The van der Waals surface area contributed by atoms with Gasteiger partial charge in [0.15, 0.2) is 5.17 Å². The molecule has 146 valence electrons. The molecule has 0 spiro atoms. The molecule has 28 heavy (non-hydrogen) atoms. The minimum absolute atomic E-state index is 0.0118. The first kappa shape index (κ1) is 21.2. The van der Waals surface area contributed by atoms with Crippen LogP contribution in [0.5, 0.6) is 5.75 Å². The van der Waals surface area contributed by atoms with Gasteiger partial charge in [0, 0.05) is 18.1 Å². The largest absolute Gasteiger partial charge is 0.488 e. The Labute approximate surface area is 188 Å². The molecule has 2 aromatic rings. The van der Waals surface area contributed by atoms with Gasteiger partial charge in [-0.05, 0) is 89.7 Å². The second-order valence-electron chi connectivity index (χ2n) is 6.02. The summed E-state index contributed by atoms with van der Waals surface area (Å²) in [5.74, 6) is 0.823. The second kappa shape index (κ2) is 9.80. The Morgan fingerprint density at radius 1 is 1.21 bits per heavy atom. The van der Waals surface area contributed by atoms with Crippen molar-refractivity contribution in [2.45, 2.75) is 20.5 Å². The number of carbonyl (C=O) groups excluding carboxylic acids is 1. The fourth-order valence-corrected chi connectivity index (χ4v) is 4.58. The molecule has 0 radical (unpaired) electrons. The van der Waals surface area contributed by atoms with Gasteiger partial charge in [0.2, 0.25) is 0 Å². The number of nitrogens with zero attached hydrogens (tertiary/aromatic N) is 2. The maximum absolute atomic E-state index is 12.6. The van der Waals surface area contributed by atoms with Crippen molar-refractivity contribution in [3.8, 4) is 5.75 Å². The average Bonchev–Trinajstić information content (AvgIpc) is 2.97. The van der Waals surface area contributed by atoms with E-state index in [0.29, 0.717) is 29.6 Å².